The van der Waals surface area contributed by atoms with Crippen LogP contribution in [-0.2, 0) is 5.41 Å². The summed E-state index contributed by atoms with van der Waals surface area (Å²) in [6, 6.07) is 6.58. The minimum Gasteiger partial charge on any atom is -0.350 e. The maximum atomic E-state index is 12.2. The van der Waals surface area contributed by atoms with Crippen molar-refractivity contribution in [2.24, 2.45) is 0 Å². The van der Waals surface area contributed by atoms with E-state index in [9.17, 15) is 4.79 Å². The van der Waals surface area contributed by atoms with Crippen molar-refractivity contribution in [1.29, 1.82) is 0 Å². The first-order chi connectivity index (χ1) is 8.77. The van der Waals surface area contributed by atoms with Crippen LogP contribution in [0.15, 0.2) is 18.2 Å². The second kappa shape index (κ2) is 4.99. The molecule has 0 bridgehead atoms. The van der Waals surface area contributed by atoms with Crippen LogP contribution in [0.5, 0.6) is 0 Å². The number of benzene rings is 1. The Bertz CT molecular complexity index is 479. The Morgan fingerprint density at radius 2 is 1.84 bits per heavy atom. The van der Waals surface area contributed by atoms with Crippen LogP contribution in [0.25, 0.3) is 0 Å². The van der Waals surface area contributed by atoms with E-state index in [1.165, 1.54) is 24.0 Å². The molecule has 0 spiro atoms. The SMILES string of the molecule is CC(C)NC(=O)c1cc(C2CC2)cc(C(C)(C)C)c1. The van der Waals surface area contributed by atoms with Crippen LogP contribution in [0.2, 0.25) is 0 Å². The molecule has 1 aliphatic carbocycles. The maximum Gasteiger partial charge on any atom is 0.251 e. The molecule has 19 heavy (non-hydrogen) atoms. The van der Waals surface area contributed by atoms with Gasteiger partial charge in [-0.15, -0.1) is 0 Å². The van der Waals surface area contributed by atoms with Crippen LogP contribution >= 0.6 is 0 Å². The van der Waals surface area contributed by atoms with Crippen LogP contribution < -0.4 is 5.32 Å². The summed E-state index contributed by atoms with van der Waals surface area (Å²) in [7, 11) is 0. The van der Waals surface area contributed by atoms with Gasteiger partial charge in [-0.05, 0) is 61.3 Å². The van der Waals surface area contributed by atoms with Gasteiger partial charge in [0.25, 0.3) is 5.91 Å². The van der Waals surface area contributed by atoms with Crippen molar-refractivity contribution in [1.82, 2.24) is 5.32 Å². The summed E-state index contributed by atoms with van der Waals surface area (Å²) in [6.07, 6.45) is 2.53. The van der Waals surface area contributed by atoms with E-state index >= 15 is 0 Å². The first kappa shape index (κ1) is 14.1. The fourth-order valence-electron chi connectivity index (χ4n) is 2.21. The number of amides is 1. The molecule has 1 fully saturated rings. The zero-order valence-electron chi connectivity index (χ0n) is 12.7. The first-order valence-corrected chi connectivity index (χ1v) is 7.23. The Morgan fingerprint density at radius 3 is 2.32 bits per heavy atom. The minimum atomic E-state index is 0.0444. The maximum absolute atomic E-state index is 12.2. The third kappa shape index (κ3) is 3.59. The molecule has 2 nitrogen and oxygen atoms in total. The van der Waals surface area contributed by atoms with Gasteiger partial charge in [-0.1, -0.05) is 26.8 Å². The highest BCUT2D eigenvalue weighted by Gasteiger charge is 2.26. The fraction of sp³-hybridized carbons (Fsp3) is 0.588. The molecule has 0 aliphatic heterocycles. The standard InChI is InChI=1S/C17H25NO/c1-11(2)18-16(19)14-8-13(12-6-7-12)9-15(10-14)17(3,4)5/h8-12H,6-7H2,1-5H3,(H,18,19). The van der Waals surface area contributed by atoms with Crippen molar-refractivity contribution >= 4 is 5.91 Å². The molecule has 0 saturated heterocycles. The van der Waals surface area contributed by atoms with Crippen molar-refractivity contribution in [2.75, 3.05) is 0 Å². The summed E-state index contributed by atoms with van der Waals surface area (Å²) in [5.74, 6) is 0.718. The highest BCUT2D eigenvalue weighted by Crippen LogP contribution is 2.41. The normalized spacial score (nSPS) is 15.7. The predicted molar refractivity (Wildman–Crippen MR) is 79.7 cm³/mol. The second-order valence-electron chi connectivity index (χ2n) is 7.00. The Kier molecular flexibility index (Phi) is 3.71. The van der Waals surface area contributed by atoms with Crippen LogP contribution in [-0.4, -0.2) is 11.9 Å². The summed E-state index contributed by atoms with van der Waals surface area (Å²) in [5.41, 5.74) is 3.48. The van der Waals surface area contributed by atoms with Crippen molar-refractivity contribution in [3.8, 4) is 0 Å². The molecule has 2 heteroatoms. The molecule has 1 aromatic carbocycles. The number of rotatable bonds is 3. The molecule has 1 N–H and O–H groups in total. The van der Waals surface area contributed by atoms with Gasteiger partial charge in [-0.25, -0.2) is 0 Å². The molecular formula is C17H25NO. The van der Waals surface area contributed by atoms with Crippen molar-refractivity contribution in [2.45, 2.75) is 64.8 Å². The summed E-state index contributed by atoms with van der Waals surface area (Å²) in [6.45, 7) is 10.6. The molecule has 0 atom stereocenters. The van der Waals surface area contributed by atoms with Gasteiger partial charge in [0.15, 0.2) is 0 Å². The average molecular weight is 259 g/mol. The largest absolute Gasteiger partial charge is 0.350 e. The Morgan fingerprint density at radius 1 is 1.21 bits per heavy atom. The lowest BCUT2D eigenvalue weighted by atomic mass is 9.84. The molecule has 0 radical (unpaired) electrons. The average Bonchev–Trinajstić information content (AvgIpc) is 3.10. The van der Waals surface area contributed by atoms with E-state index in [1.807, 2.05) is 19.9 Å². The second-order valence-corrected chi connectivity index (χ2v) is 7.00. The molecule has 1 saturated carbocycles. The van der Waals surface area contributed by atoms with Crippen LogP contribution in [0.4, 0.5) is 0 Å². The van der Waals surface area contributed by atoms with Gasteiger partial charge >= 0.3 is 0 Å². The number of carbonyl (C=O) groups excluding carboxylic acids is 1. The smallest absolute Gasteiger partial charge is 0.251 e. The fourth-order valence-corrected chi connectivity index (χ4v) is 2.21. The van der Waals surface area contributed by atoms with Crippen LogP contribution in [0, 0.1) is 0 Å². The lowest BCUT2D eigenvalue weighted by Crippen LogP contribution is -2.30. The Hall–Kier alpha value is -1.31. The zero-order chi connectivity index (χ0) is 14.2. The van der Waals surface area contributed by atoms with Gasteiger partial charge in [0.05, 0.1) is 0 Å². The lowest BCUT2D eigenvalue weighted by Gasteiger charge is -2.21. The summed E-state index contributed by atoms with van der Waals surface area (Å²) in [5, 5.41) is 2.99. The van der Waals surface area contributed by atoms with E-state index in [2.05, 4.69) is 38.2 Å². The highest BCUT2D eigenvalue weighted by molar-refractivity contribution is 5.94. The quantitative estimate of drug-likeness (QED) is 0.873. The van der Waals surface area contributed by atoms with Crippen LogP contribution in [0.1, 0.15) is 74.9 Å². The predicted octanol–water partition coefficient (Wildman–Crippen LogP) is 4.00. The molecule has 1 amide bonds. The van der Waals surface area contributed by atoms with E-state index in [1.54, 1.807) is 0 Å². The van der Waals surface area contributed by atoms with E-state index in [-0.39, 0.29) is 17.4 Å². The summed E-state index contributed by atoms with van der Waals surface area (Å²) in [4.78, 5) is 12.2. The molecule has 104 valence electrons. The van der Waals surface area contributed by atoms with Crippen molar-refractivity contribution in [3.05, 3.63) is 34.9 Å². The number of carbonyl (C=O) groups is 1. The molecule has 1 aliphatic rings. The molecule has 1 aromatic rings. The Balaban J connectivity index is 2.37. The molecule has 0 aromatic heterocycles. The molecule has 0 unspecified atom stereocenters. The third-order valence-corrected chi connectivity index (χ3v) is 3.55. The Labute approximate surface area is 116 Å². The van der Waals surface area contributed by atoms with Crippen molar-refractivity contribution in [3.63, 3.8) is 0 Å². The molecule has 0 heterocycles. The van der Waals surface area contributed by atoms with E-state index in [4.69, 9.17) is 0 Å². The van der Waals surface area contributed by atoms with Crippen LogP contribution in [0.3, 0.4) is 0 Å². The minimum absolute atomic E-state index is 0.0444. The number of hydrogen-bond acceptors (Lipinski definition) is 1. The van der Waals surface area contributed by atoms with Gasteiger partial charge in [0.1, 0.15) is 0 Å². The van der Waals surface area contributed by atoms with E-state index < -0.39 is 0 Å². The third-order valence-electron chi connectivity index (χ3n) is 3.55. The summed E-state index contributed by atoms with van der Waals surface area (Å²) >= 11 is 0. The van der Waals surface area contributed by atoms with Crippen molar-refractivity contribution < 1.29 is 4.79 Å². The van der Waals surface area contributed by atoms with Gasteiger partial charge in [0, 0.05) is 11.6 Å². The zero-order valence-corrected chi connectivity index (χ0v) is 12.7. The topological polar surface area (TPSA) is 29.1 Å². The highest BCUT2D eigenvalue weighted by atomic mass is 16.1. The molecular weight excluding hydrogens is 234 g/mol. The van der Waals surface area contributed by atoms with Gasteiger partial charge in [-0.2, -0.15) is 0 Å². The van der Waals surface area contributed by atoms with Gasteiger partial charge in [0.2, 0.25) is 0 Å². The summed E-state index contributed by atoms with van der Waals surface area (Å²) < 4.78 is 0. The lowest BCUT2D eigenvalue weighted by molar-refractivity contribution is 0.0943. The van der Waals surface area contributed by atoms with E-state index in [0.29, 0.717) is 5.92 Å². The van der Waals surface area contributed by atoms with E-state index in [0.717, 1.165) is 5.56 Å². The first-order valence-electron chi connectivity index (χ1n) is 7.23. The van der Waals surface area contributed by atoms with Gasteiger partial charge < -0.3 is 5.32 Å². The molecule has 2 rings (SSSR count). The number of hydrogen-bond donors (Lipinski definition) is 1. The van der Waals surface area contributed by atoms with Gasteiger partial charge in [-0.3, -0.25) is 4.79 Å². The number of nitrogens with one attached hydrogen (secondary N) is 1. The monoisotopic (exact) mass is 259 g/mol.